The van der Waals surface area contributed by atoms with Crippen molar-refractivity contribution in [1.29, 1.82) is 0 Å². The molecule has 0 aliphatic heterocycles. The number of aliphatic carboxylic acids is 2. The first-order valence-electron chi connectivity index (χ1n) is 4.91. The lowest BCUT2D eigenvalue weighted by molar-refractivity contribution is -0.140. The van der Waals surface area contributed by atoms with E-state index in [1.165, 1.54) is 20.3 Å². The number of carboxylic acid groups (broad SMARTS) is 2. The molecule has 0 radical (unpaired) electrons. The smallest absolute Gasteiger partial charge is 0.347 e. The number of hydrogen-bond acceptors (Lipinski definition) is 4. The number of carboxylic acids is 2. The molecule has 0 saturated carbocycles. The Hall–Kier alpha value is -2.50. The van der Waals surface area contributed by atoms with Gasteiger partial charge in [0.25, 0.3) is 0 Å². The highest BCUT2D eigenvalue weighted by Gasteiger charge is 2.25. The van der Waals surface area contributed by atoms with Crippen LogP contribution in [-0.2, 0) is 14.3 Å². The Kier molecular flexibility index (Phi) is 4.31. The molecule has 18 heavy (non-hydrogen) atoms. The maximum atomic E-state index is 11.0. The van der Waals surface area contributed by atoms with Crippen molar-refractivity contribution in [3.63, 3.8) is 0 Å². The van der Waals surface area contributed by atoms with Gasteiger partial charge in [0.05, 0.1) is 19.8 Å². The third-order valence-electron chi connectivity index (χ3n) is 2.21. The van der Waals surface area contributed by atoms with Crippen molar-refractivity contribution in [2.45, 2.75) is 0 Å². The van der Waals surface area contributed by atoms with E-state index >= 15 is 0 Å². The average Bonchev–Trinajstić information content (AvgIpc) is 2.34. The molecule has 0 spiro atoms. The van der Waals surface area contributed by atoms with E-state index in [-0.39, 0.29) is 11.3 Å². The van der Waals surface area contributed by atoms with Gasteiger partial charge < -0.3 is 19.7 Å². The summed E-state index contributed by atoms with van der Waals surface area (Å²) in [6.07, 6.45) is 0. The summed E-state index contributed by atoms with van der Waals surface area (Å²) in [5, 5.41) is 17.8. The topological polar surface area (TPSA) is 93.1 Å². The summed E-state index contributed by atoms with van der Waals surface area (Å²) < 4.78 is 9.94. The van der Waals surface area contributed by atoms with Crippen LogP contribution in [0.5, 0.6) is 5.75 Å². The molecular formula is C12H12O6. The summed E-state index contributed by atoms with van der Waals surface area (Å²) in [4.78, 5) is 21.9. The van der Waals surface area contributed by atoms with Crippen LogP contribution in [0, 0.1) is 0 Å². The second-order valence-electron chi connectivity index (χ2n) is 3.22. The van der Waals surface area contributed by atoms with Crippen molar-refractivity contribution < 1.29 is 29.3 Å². The van der Waals surface area contributed by atoms with Crippen LogP contribution in [0.1, 0.15) is 5.56 Å². The molecule has 6 nitrogen and oxygen atoms in total. The Balaban J connectivity index is 3.53. The molecule has 6 heteroatoms. The first-order chi connectivity index (χ1) is 8.52. The number of carbonyl (C=O) groups is 2. The van der Waals surface area contributed by atoms with Crippen molar-refractivity contribution in [2.24, 2.45) is 0 Å². The summed E-state index contributed by atoms with van der Waals surface area (Å²) in [6.45, 7) is 0. The van der Waals surface area contributed by atoms with E-state index in [0.29, 0.717) is 5.75 Å². The molecule has 0 aromatic heterocycles. The van der Waals surface area contributed by atoms with Gasteiger partial charge in [0.1, 0.15) is 5.75 Å². The lowest BCUT2D eigenvalue weighted by Gasteiger charge is -2.12. The quantitative estimate of drug-likeness (QED) is 0.354. The van der Waals surface area contributed by atoms with Crippen molar-refractivity contribution in [2.75, 3.05) is 14.2 Å². The predicted octanol–water partition coefficient (Wildman–Crippen LogP) is 1.22. The highest BCUT2D eigenvalue weighted by molar-refractivity contribution is 6.18. The number of hydrogen-bond donors (Lipinski definition) is 2. The van der Waals surface area contributed by atoms with E-state index in [0.717, 1.165) is 0 Å². The highest BCUT2D eigenvalue weighted by Crippen LogP contribution is 2.28. The summed E-state index contributed by atoms with van der Waals surface area (Å²) in [5.41, 5.74) is -0.579. The van der Waals surface area contributed by atoms with Gasteiger partial charge in [-0.1, -0.05) is 12.1 Å². The van der Waals surface area contributed by atoms with Crippen LogP contribution in [0.25, 0.3) is 5.76 Å². The zero-order valence-corrected chi connectivity index (χ0v) is 9.84. The van der Waals surface area contributed by atoms with Gasteiger partial charge in [0.15, 0.2) is 11.3 Å². The van der Waals surface area contributed by atoms with Crippen LogP contribution in [0.15, 0.2) is 29.8 Å². The molecule has 1 aromatic carbocycles. The average molecular weight is 252 g/mol. The molecule has 0 fully saturated rings. The van der Waals surface area contributed by atoms with E-state index in [1.54, 1.807) is 18.2 Å². The minimum atomic E-state index is -1.58. The highest BCUT2D eigenvalue weighted by atomic mass is 16.5. The molecule has 0 bridgehead atoms. The van der Waals surface area contributed by atoms with Crippen LogP contribution in [-0.4, -0.2) is 36.4 Å². The number of para-hydroxylation sites is 1. The summed E-state index contributed by atoms with van der Waals surface area (Å²) in [5.74, 6) is -3.09. The Morgan fingerprint density at radius 3 is 2.06 bits per heavy atom. The number of methoxy groups -OCH3 is 2. The van der Waals surface area contributed by atoms with Gasteiger partial charge in [-0.15, -0.1) is 0 Å². The first kappa shape index (κ1) is 13.6. The van der Waals surface area contributed by atoms with Crippen molar-refractivity contribution in [3.05, 3.63) is 35.4 Å². The summed E-state index contributed by atoms with van der Waals surface area (Å²) in [6, 6.07) is 6.40. The Morgan fingerprint density at radius 1 is 1.06 bits per heavy atom. The molecular weight excluding hydrogens is 240 g/mol. The Bertz CT molecular complexity index is 487. The van der Waals surface area contributed by atoms with Crippen molar-refractivity contribution in [1.82, 2.24) is 0 Å². The van der Waals surface area contributed by atoms with Gasteiger partial charge in [-0.2, -0.15) is 0 Å². The molecule has 2 N–H and O–H groups in total. The second-order valence-corrected chi connectivity index (χ2v) is 3.22. The zero-order valence-electron chi connectivity index (χ0n) is 9.84. The van der Waals surface area contributed by atoms with E-state index < -0.39 is 17.5 Å². The molecule has 1 rings (SSSR count). The fourth-order valence-corrected chi connectivity index (χ4v) is 1.46. The van der Waals surface area contributed by atoms with Gasteiger partial charge in [-0.3, -0.25) is 0 Å². The summed E-state index contributed by atoms with van der Waals surface area (Å²) in [7, 11) is 2.60. The standard InChI is InChI=1S/C12H12O6/c1-17-8-6-4-3-5-7(8)10(18-2)9(11(13)14)12(15)16/h3-6H,1-2H3,(H,13,14)(H,15,16). The number of ether oxygens (including phenoxy) is 2. The largest absolute Gasteiger partial charge is 0.496 e. The molecule has 96 valence electrons. The molecule has 0 saturated heterocycles. The molecule has 0 aliphatic carbocycles. The third kappa shape index (κ3) is 2.60. The molecule has 0 atom stereocenters. The van der Waals surface area contributed by atoms with Crippen LogP contribution in [0.3, 0.4) is 0 Å². The lowest BCUT2D eigenvalue weighted by atomic mass is 10.1. The first-order valence-corrected chi connectivity index (χ1v) is 4.91. The summed E-state index contributed by atoms with van der Waals surface area (Å²) >= 11 is 0. The zero-order chi connectivity index (χ0) is 13.7. The van der Waals surface area contributed by atoms with E-state index in [9.17, 15) is 9.59 Å². The van der Waals surface area contributed by atoms with E-state index in [4.69, 9.17) is 19.7 Å². The molecule has 0 aliphatic rings. The van der Waals surface area contributed by atoms with Gasteiger partial charge in [0, 0.05) is 0 Å². The van der Waals surface area contributed by atoms with Crippen molar-refractivity contribution in [3.8, 4) is 5.75 Å². The Labute approximate surface area is 103 Å². The molecule has 1 aromatic rings. The maximum absolute atomic E-state index is 11.0. The van der Waals surface area contributed by atoms with Gasteiger partial charge in [0.2, 0.25) is 0 Å². The SMILES string of the molecule is COC(=C(C(=O)O)C(=O)O)c1ccccc1OC. The minimum Gasteiger partial charge on any atom is -0.496 e. The molecule has 0 amide bonds. The monoisotopic (exact) mass is 252 g/mol. The fourth-order valence-electron chi connectivity index (χ4n) is 1.46. The maximum Gasteiger partial charge on any atom is 0.347 e. The van der Waals surface area contributed by atoms with Gasteiger partial charge in [-0.05, 0) is 12.1 Å². The van der Waals surface area contributed by atoms with E-state index in [1.807, 2.05) is 0 Å². The Morgan fingerprint density at radius 2 is 1.61 bits per heavy atom. The van der Waals surface area contributed by atoms with Gasteiger partial charge in [-0.25, -0.2) is 9.59 Å². The molecule has 0 heterocycles. The van der Waals surface area contributed by atoms with Crippen LogP contribution >= 0.6 is 0 Å². The normalized spacial score (nSPS) is 9.44. The van der Waals surface area contributed by atoms with Crippen LogP contribution in [0.2, 0.25) is 0 Å². The van der Waals surface area contributed by atoms with E-state index in [2.05, 4.69) is 0 Å². The number of benzene rings is 1. The molecule has 0 unspecified atom stereocenters. The number of rotatable bonds is 5. The van der Waals surface area contributed by atoms with Crippen LogP contribution < -0.4 is 4.74 Å². The fraction of sp³-hybridized carbons (Fsp3) is 0.167. The third-order valence-corrected chi connectivity index (χ3v) is 2.21. The minimum absolute atomic E-state index is 0.257. The van der Waals surface area contributed by atoms with Gasteiger partial charge >= 0.3 is 11.9 Å². The predicted molar refractivity (Wildman–Crippen MR) is 62.2 cm³/mol. The second kappa shape index (κ2) is 5.72. The van der Waals surface area contributed by atoms with Crippen molar-refractivity contribution >= 4 is 17.7 Å². The van der Waals surface area contributed by atoms with Crippen LogP contribution in [0.4, 0.5) is 0 Å². The lowest BCUT2D eigenvalue weighted by Crippen LogP contribution is -2.15.